The van der Waals surface area contributed by atoms with Crippen molar-refractivity contribution in [2.24, 2.45) is 4.99 Å². The van der Waals surface area contributed by atoms with Crippen LogP contribution in [0.15, 0.2) is 46.8 Å². The maximum Gasteiger partial charge on any atom is 0.110 e. The number of rotatable bonds is 3. The Balaban J connectivity index is 2.62. The van der Waals surface area contributed by atoms with Crippen LogP contribution in [-0.4, -0.2) is 11.3 Å². The lowest BCUT2D eigenvalue weighted by atomic mass is 10.2. The van der Waals surface area contributed by atoms with Crippen LogP contribution in [0.1, 0.15) is 19.4 Å². The fourth-order valence-electron chi connectivity index (χ4n) is 1.01. The second-order valence-electron chi connectivity index (χ2n) is 3.47. The second kappa shape index (κ2) is 5.75. The summed E-state index contributed by atoms with van der Waals surface area (Å²) in [4.78, 5) is 4.05. The Morgan fingerprint density at radius 3 is 2.44 bits per heavy atom. The Morgan fingerprint density at radius 2 is 1.88 bits per heavy atom. The van der Waals surface area contributed by atoms with E-state index >= 15 is 0 Å². The van der Waals surface area contributed by atoms with Gasteiger partial charge in [0.05, 0.1) is 5.70 Å². The molecule has 1 rings (SSSR count). The Morgan fingerprint density at radius 1 is 1.25 bits per heavy atom. The van der Waals surface area contributed by atoms with Gasteiger partial charge in [0.2, 0.25) is 0 Å². The minimum atomic E-state index is 0.233. The molecule has 16 heavy (non-hydrogen) atoms. The third-order valence-corrected chi connectivity index (χ3v) is 2.10. The van der Waals surface area contributed by atoms with Crippen molar-refractivity contribution in [2.45, 2.75) is 13.8 Å². The van der Waals surface area contributed by atoms with E-state index in [4.69, 9.17) is 10.8 Å². The average Bonchev–Trinajstić information content (AvgIpc) is 2.26. The third-order valence-electron chi connectivity index (χ3n) is 2.10. The largest absolute Gasteiger partial charge is 0.511 e. The van der Waals surface area contributed by atoms with Gasteiger partial charge in [-0.1, -0.05) is 18.2 Å². The van der Waals surface area contributed by atoms with Gasteiger partial charge in [0.15, 0.2) is 0 Å². The molecule has 0 aromatic heterocycles. The molecule has 0 heterocycles. The van der Waals surface area contributed by atoms with Crippen molar-refractivity contribution in [1.82, 2.24) is 0 Å². The molecule has 0 bridgehead atoms. The molecule has 3 heteroatoms. The van der Waals surface area contributed by atoms with Crippen LogP contribution >= 0.6 is 0 Å². The first-order valence-corrected chi connectivity index (χ1v) is 5.02. The van der Waals surface area contributed by atoms with Crippen LogP contribution < -0.4 is 5.73 Å². The summed E-state index contributed by atoms with van der Waals surface area (Å²) in [7, 11) is 0. The lowest BCUT2D eigenvalue weighted by molar-refractivity contribution is 0.406. The minimum absolute atomic E-state index is 0.233. The summed E-state index contributed by atoms with van der Waals surface area (Å²) in [5.74, 6) is 0.233. The summed E-state index contributed by atoms with van der Waals surface area (Å²) >= 11 is 0. The molecular formula is C13H16N2O. The van der Waals surface area contributed by atoms with Crippen molar-refractivity contribution in [3.8, 4) is 0 Å². The normalized spacial score (nSPS) is 13.4. The summed E-state index contributed by atoms with van der Waals surface area (Å²) in [6.07, 6.45) is 5.38. The molecule has 84 valence electrons. The van der Waals surface area contributed by atoms with Gasteiger partial charge in [0.1, 0.15) is 5.76 Å². The highest BCUT2D eigenvalue weighted by molar-refractivity contribution is 5.79. The van der Waals surface area contributed by atoms with Crippen molar-refractivity contribution in [3.63, 3.8) is 0 Å². The summed E-state index contributed by atoms with van der Waals surface area (Å²) in [5.41, 5.74) is 7.99. The fraction of sp³-hybridized carbons (Fsp3) is 0.154. The molecule has 0 saturated carbocycles. The van der Waals surface area contributed by atoms with Crippen molar-refractivity contribution >= 4 is 18.0 Å². The Labute approximate surface area is 95.6 Å². The predicted octanol–water partition coefficient (Wildman–Crippen LogP) is 3.16. The molecule has 0 atom stereocenters. The number of aliphatic imine (C=N–C) groups is 1. The van der Waals surface area contributed by atoms with Crippen LogP contribution in [-0.2, 0) is 0 Å². The maximum absolute atomic E-state index is 9.10. The Bertz CT molecular complexity index is 424. The van der Waals surface area contributed by atoms with Gasteiger partial charge in [0, 0.05) is 11.9 Å². The molecule has 3 nitrogen and oxygen atoms in total. The smallest absolute Gasteiger partial charge is 0.110 e. The lowest BCUT2D eigenvalue weighted by Gasteiger charge is -1.94. The average molecular weight is 216 g/mol. The molecule has 0 fully saturated rings. The van der Waals surface area contributed by atoms with E-state index in [9.17, 15) is 0 Å². The molecule has 0 spiro atoms. The first kappa shape index (κ1) is 12.0. The molecule has 1 aromatic carbocycles. The highest BCUT2D eigenvalue weighted by Crippen LogP contribution is 2.06. The number of hydrogen-bond donors (Lipinski definition) is 2. The van der Waals surface area contributed by atoms with E-state index in [1.54, 1.807) is 20.1 Å². The fourth-order valence-corrected chi connectivity index (χ4v) is 1.01. The molecule has 0 amide bonds. The molecule has 0 saturated heterocycles. The molecular weight excluding hydrogens is 200 g/mol. The first-order valence-electron chi connectivity index (χ1n) is 5.02. The van der Waals surface area contributed by atoms with Crippen LogP contribution in [0.4, 0.5) is 5.69 Å². The molecule has 0 unspecified atom stereocenters. The zero-order valence-corrected chi connectivity index (χ0v) is 9.51. The van der Waals surface area contributed by atoms with E-state index in [2.05, 4.69) is 4.99 Å². The highest BCUT2D eigenvalue weighted by atomic mass is 16.3. The van der Waals surface area contributed by atoms with Crippen LogP contribution in [0, 0.1) is 0 Å². The lowest BCUT2D eigenvalue weighted by Crippen LogP contribution is -1.82. The van der Waals surface area contributed by atoms with Gasteiger partial charge in [-0.25, -0.2) is 0 Å². The monoisotopic (exact) mass is 216 g/mol. The third kappa shape index (κ3) is 4.00. The Kier molecular flexibility index (Phi) is 4.33. The van der Waals surface area contributed by atoms with Gasteiger partial charge < -0.3 is 10.8 Å². The molecule has 3 N–H and O–H groups in total. The minimum Gasteiger partial charge on any atom is -0.511 e. The van der Waals surface area contributed by atoms with E-state index in [1.165, 1.54) is 0 Å². The Hall–Kier alpha value is -2.03. The van der Waals surface area contributed by atoms with Crippen LogP contribution in [0.2, 0.25) is 0 Å². The number of aliphatic hydroxyl groups is 1. The van der Waals surface area contributed by atoms with Gasteiger partial charge in [-0.2, -0.15) is 0 Å². The number of nitrogens with zero attached hydrogens (tertiary/aromatic N) is 1. The maximum atomic E-state index is 9.10. The SMILES string of the molecule is C/C(O)=C(C)/N=C/C=C/c1ccc(N)cc1. The van der Waals surface area contributed by atoms with E-state index in [0.29, 0.717) is 5.70 Å². The van der Waals surface area contributed by atoms with Gasteiger partial charge >= 0.3 is 0 Å². The van der Waals surface area contributed by atoms with Crippen molar-refractivity contribution < 1.29 is 5.11 Å². The summed E-state index contributed by atoms with van der Waals surface area (Å²) in [6.45, 7) is 3.36. The van der Waals surface area contributed by atoms with Crippen molar-refractivity contribution in [2.75, 3.05) is 5.73 Å². The number of benzene rings is 1. The van der Waals surface area contributed by atoms with Gasteiger partial charge in [-0.05, 0) is 37.6 Å². The zero-order chi connectivity index (χ0) is 12.0. The highest BCUT2D eigenvalue weighted by Gasteiger charge is 1.87. The van der Waals surface area contributed by atoms with E-state index in [0.717, 1.165) is 11.3 Å². The number of hydrogen-bond acceptors (Lipinski definition) is 3. The number of nitrogen functional groups attached to an aromatic ring is 1. The zero-order valence-electron chi connectivity index (χ0n) is 9.51. The number of nitrogens with two attached hydrogens (primary N) is 1. The number of allylic oxidation sites excluding steroid dienone is 3. The van der Waals surface area contributed by atoms with Gasteiger partial charge in [-0.3, -0.25) is 4.99 Å². The van der Waals surface area contributed by atoms with Crippen molar-refractivity contribution in [3.05, 3.63) is 47.4 Å². The number of aliphatic hydroxyl groups excluding tert-OH is 1. The van der Waals surface area contributed by atoms with Crippen molar-refractivity contribution in [1.29, 1.82) is 0 Å². The molecule has 0 aliphatic rings. The molecule has 0 aliphatic carbocycles. The summed E-state index contributed by atoms with van der Waals surface area (Å²) < 4.78 is 0. The standard InChI is InChI=1S/C13H16N2O/c1-10(11(2)16)15-9-3-4-12-5-7-13(14)8-6-12/h3-9,16H,14H2,1-2H3/b4-3+,11-10-,15-9+. The van der Waals surface area contributed by atoms with Gasteiger partial charge in [0.25, 0.3) is 0 Å². The van der Waals surface area contributed by atoms with Crippen LogP contribution in [0.5, 0.6) is 0 Å². The van der Waals surface area contributed by atoms with E-state index in [1.807, 2.05) is 36.4 Å². The molecule has 0 radical (unpaired) electrons. The molecule has 0 aliphatic heterocycles. The predicted molar refractivity (Wildman–Crippen MR) is 69.4 cm³/mol. The summed E-state index contributed by atoms with van der Waals surface area (Å²) in [5, 5.41) is 9.10. The van der Waals surface area contributed by atoms with E-state index in [-0.39, 0.29) is 5.76 Å². The quantitative estimate of drug-likeness (QED) is 0.463. The van der Waals surface area contributed by atoms with Crippen LogP contribution in [0.3, 0.4) is 0 Å². The topological polar surface area (TPSA) is 58.6 Å². The first-order chi connectivity index (χ1) is 7.59. The molecule has 1 aromatic rings. The van der Waals surface area contributed by atoms with Gasteiger partial charge in [-0.15, -0.1) is 0 Å². The van der Waals surface area contributed by atoms with Crippen LogP contribution in [0.25, 0.3) is 6.08 Å². The summed E-state index contributed by atoms with van der Waals surface area (Å²) in [6, 6.07) is 7.55. The second-order valence-corrected chi connectivity index (χ2v) is 3.47. The van der Waals surface area contributed by atoms with E-state index < -0.39 is 0 Å². The number of anilines is 1.